The van der Waals surface area contributed by atoms with Crippen molar-refractivity contribution in [2.45, 2.75) is 13.0 Å². The van der Waals surface area contributed by atoms with E-state index >= 15 is 0 Å². The van der Waals surface area contributed by atoms with Crippen LogP contribution in [0.25, 0.3) is 10.9 Å². The van der Waals surface area contributed by atoms with Crippen LogP contribution in [-0.4, -0.2) is 38.2 Å². The molecule has 2 aromatic heterocycles. The van der Waals surface area contributed by atoms with Gasteiger partial charge in [-0.3, -0.25) is 9.48 Å². The number of para-hydroxylation sites is 1. The number of hydrogen-bond acceptors (Lipinski definition) is 2. The number of benzene rings is 1. The van der Waals surface area contributed by atoms with Crippen molar-refractivity contribution in [2.24, 2.45) is 13.0 Å². The van der Waals surface area contributed by atoms with E-state index in [1.54, 1.807) is 6.20 Å². The molecule has 5 nitrogen and oxygen atoms in total. The number of likely N-dealkylation sites (tertiary alicyclic amines) is 1. The molecule has 3 heterocycles. The SMILES string of the molecule is Cn1cc(CC(=O)N2CC(Cn3cc(Br)cn3)C2)c2ccccc21. The van der Waals surface area contributed by atoms with Gasteiger partial charge in [0.25, 0.3) is 0 Å². The average Bonchev–Trinajstić information content (AvgIpc) is 3.07. The molecule has 124 valence electrons. The van der Waals surface area contributed by atoms with Gasteiger partial charge in [0, 0.05) is 55.9 Å². The molecule has 0 spiro atoms. The summed E-state index contributed by atoms with van der Waals surface area (Å²) in [5, 5.41) is 5.45. The lowest BCUT2D eigenvalue weighted by Gasteiger charge is -2.39. The molecular weight excluding hydrogens is 368 g/mol. The number of aryl methyl sites for hydroxylation is 1. The van der Waals surface area contributed by atoms with Crippen LogP contribution in [0.3, 0.4) is 0 Å². The molecule has 0 aliphatic carbocycles. The fourth-order valence-corrected chi connectivity index (χ4v) is 3.76. The standard InChI is InChI=1S/C18H19BrN4O/c1-21-11-14(16-4-2-3-5-17(16)21)6-18(24)22-8-13(9-22)10-23-12-15(19)7-20-23/h2-5,7,11-13H,6,8-10H2,1H3. The maximum atomic E-state index is 12.5. The van der Waals surface area contributed by atoms with E-state index in [1.807, 2.05) is 35.0 Å². The van der Waals surface area contributed by atoms with Crippen LogP contribution in [0, 0.1) is 5.92 Å². The fraction of sp³-hybridized carbons (Fsp3) is 0.333. The third-order valence-corrected chi connectivity index (χ3v) is 5.09. The summed E-state index contributed by atoms with van der Waals surface area (Å²) in [4.78, 5) is 14.5. The Morgan fingerprint density at radius 2 is 2.08 bits per heavy atom. The van der Waals surface area contributed by atoms with Crippen molar-refractivity contribution >= 4 is 32.7 Å². The van der Waals surface area contributed by atoms with Crippen LogP contribution in [-0.2, 0) is 24.8 Å². The molecule has 3 aromatic rings. The van der Waals surface area contributed by atoms with E-state index in [2.05, 4.69) is 43.9 Å². The number of nitrogens with zero attached hydrogens (tertiary/aromatic N) is 4. The monoisotopic (exact) mass is 386 g/mol. The Hall–Kier alpha value is -2.08. The number of aromatic nitrogens is 3. The normalized spacial score (nSPS) is 15.0. The lowest BCUT2D eigenvalue weighted by atomic mass is 9.99. The summed E-state index contributed by atoms with van der Waals surface area (Å²) < 4.78 is 5.01. The molecule has 1 aliphatic heterocycles. The van der Waals surface area contributed by atoms with Crippen molar-refractivity contribution in [3.05, 3.63) is 52.9 Å². The quantitative estimate of drug-likeness (QED) is 0.691. The van der Waals surface area contributed by atoms with Gasteiger partial charge in [-0.25, -0.2) is 0 Å². The van der Waals surface area contributed by atoms with E-state index in [4.69, 9.17) is 0 Å². The van der Waals surface area contributed by atoms with Crippen LogP contribution >= 0.6 is 15.9 Å². The zero-order valence-corrected chi connectivity index (χ0v) is 15.1. The minimum atomic E-state index is 0.212. The number of hydrogen-bond donors (Lipinski definition) is 0. The average molecular weight is 387 g/mol. The lowest BCUT2D eigenvalue weighted by molar-refractivity contribution is -0.137. The first-order chi connectivity index (χ1) is 11.6. The van der Waals surface area contributed by atoms with Crippen LogP contribution in [0.15, 0.2) is 47.3 Å². The lowest BCUT2D eigenvalue weighted by Crippen LogP contribution is -2.51. The molecule has 0 atom stereocenters. The fourth-order valence-electron chi connectivity index (χ4n) is 3.43. The Bertz CT molecular complexity index is 891. The Morgan fingerprint density at radius 3 is 2.83 bits per heavy atom. The molecule has 0 bridgehead atoms. The Balaban J connectivity index is 1.37. The Labute approximate surface area is 149 Å². The second-order valence-corrected chi connectivity index (χ2v) is 7.42. The molecule has 24 heavy (non-hydrogen) atoms. The number of halogens is 1. The largest absolute Gasteiger partial charge is 0.350 e. The van der Waals surface area contributed by atoms with Gasteiger partial charge < -0.3 is 9.47 Å². The van der Waals surface area contributed by atoms with Crippen molar-refractivity contribution in [3.8, 4) is 0 Å². The van der Waals surface area contributed by atoms with E-state index < -0.39 is 0 Å². The van der Waals surface area contributed by atoms with E-state index in [9.17, 15) is 4.79 Å². The molecule has 1 aromatic carbocycles. The predicted octanol–water partition coefficient (Wildman–Crippen LogP) is 2.84. The maximum Gasteiger partial charge on any atom is 0.227 e. The predicted molar refractivity (Wildman–Crippen MR) is 96.6 cm³/mol. The van der Waals surface area contributed by atoms with Gasteiger partial charge in [-0.05, 0) is 27.6 Å². The molecule has 1 aliphatic rings. The van der Waals surface area contributed by atoms with E-state index in [-0.39, 0.29) is 5.91 Å². The Morgan fingerprint density at radius 1 is 1.29 bits per heavy atom. The van der Waals surface area contributed by atoms with E-state index in [0.29, 0.717) is 12.3 Å². The molecule has 4 rings (SSSR count). The van der Waals surface area contributed by atoms with E-state index in [0.717, 1.165) is 29.7 Å². The van der Waals surface area contributed by atoms with Crippen LogP contribution in [0.2, 0.25) is 0 Å². The highest BCUT2D eigenvalue weighted by atomic mass is 79.9. The van der Waals surface area contributed by atoms with Crippen molar-refractivity contribution < 1.29 is 4.79 Å². The second kappa shape index (κ2) is 6.09. The van der Waals surface area contributed by atoms with Crippen LogP contribution in [0.1, 0.15) is 5.56 Å². The molecule has 1 amide bonds. The third kappa shape index (κ3) is 2.86. The Kier molecular flexibility index (Phi) is 3.92. The van der Waals surface area contributed by atoms with Gasteiger partial charge in [0.1, 0.15) is 0 Å². The number of rotatable bonds is 4. The molecule has 1 fully saturated rings. The smallest absolute Gasteiger partial charge is 0.227 e. The number of carbonyl (C=O) groups is 1. The van der Waals surface area contributed by atoms with Crippen LogP contribution in [0.4, 0.5) is 0 Å². The molecule has 0 saturated carbocycles. The topological polar surface area (TPSA) is 43.1 Å². The minimum absolute atomic E-state index is 0.212. The molecule has 0 radical (unpaired) electrons. The van der Waals surface area contributed by atoms with Gasteiger partial charge in [-0.1, -0.05) is 18.2 Å². The van der Waals surface area contributed by atoms with Gasteiger partial charge in [-0.15, -0.1) is 0 Å². The first-order valence-corrected chi connectivity index (χ1v) is 8.88. The van der Waals surface area contributed by atoms with Crippen molar-refractivity contribution in [1.82, 2.24) is 19.2 Å². The van der Waals surface area contributed by atoms with Crippen molar-refractivity contribution in [3.63, 3.8) is 0 Å². The highest BCUT2D eigenvalue weighted by Crippen LogP contribution is 2.24. The number of amides is 1. The summed E-state index contributed by atoms with van der Waals surface area (Å²) in [5.74, 6) is 0.706. The summed E-state index contributed by atoms with van der Waals surface area (Å²) in [6, 6.07) is 8.23. The van der Waals surface area contributed by atoms with E-state index in [1.165, 1.54) is 10.9 Å². The highest BCUT2D eigenvalue weighted by Gasteiger charge is 2.31. The molecule has 0 unspecified atom stereocenters. The first-order valence-electron chi connectivity index (χ1n) is 8.09. The molecule has 6 heteroatoms. The summed E-state index contributed by atoms with van der Waals surface area (Å²) in [6.07, 6.45) is 6.31. The summed E-state index contributed by atoms with van der Waals surface area (Å²) in [6.45, 7) is 2.51. The van der Waals surface area contributed by atoms with Crippen LogP contribution in [0.5, 0.6) is 0 Å². The van der Waals surface area contributed by atoms with Gasteiger partial charge in [-0.2, -0.15) is 5.10 Å². The number of carbonyl (C=O) groups excluding carboxylic acids is 1. The van der Waals surface area contributed by atoms with Crippen molar-refractivity contribution in [1.29, 1.82) is 0 Å². The summed E-state index contributed by atoms with van der Waals surface area (Å²) >= 11 is 3.41. The zero-order chi connectivity index (χ0) is 16.7. The maximum absolute atomic E-state index is 12.5. The molecule has 1 saturated heterocycles. The molecular formula is C18H19BrN4O. The zero-order valence-electron chi connectivity index (χ0n) is 13.5. The minimum Gasteiger partial charge on any atom is -0.350 e. The summed E-state index contributed by atoms with van der Waals surface area (Å²) in [5.41, 5.74) is 2.28. The second-order valence-electron chi connectivity index (χ2n) is 6.50. The molecule has 0 N–H and O–H groups in total. The van der Waals surface area contributed by atoms with Crippen molar-refractivity contribution in [2.75, 3.05) is 13.1 Å². The van der Waals surface area contributed by atoms with Gasteiger partial charge in [0.05, 0.1) is 17.1 Å². The van der Waals surface area contributed by atoms with Crippen LogP contribution < -0.4 is 0 Å². The van der Waals surface area contributed by atoms with Gasteiger partial charge in [0.2, 0.25) is 5.91 Å². The first kappa shape index (κ1) is 15.4. The number of fused-ring (bicyclic) bond motifs is 1. The van der Waals surface area contributed by atoms with Gasteiger partial charge >= 0.3 is 0 Å². The highest BCUT2D eigenvalue weighted by molar-refractivity contribution is 9.10. The summed E-state index contributed by atoms with van der Waals surface area (Å²) in [7, 11) is 2.03. The van der Waals surface area contributed by atoms with Gasteiger partial charge in [0.15, 0.2) is 0 Å². The third-order valence-electron chi connectivity index (χ3n) is 4.68.